The molecule has 40 heavy (non-hydrogen) atoms. The minimum absolute atomic E-state index is 0.000436. The number of nitrogens with one attached hydrogen (secondary N) is 1. The molecule has 1 atom stereocenters. The number of carbonyl (C=O) groups excluding carboxylic acids is 2. The highest BCUT2D eigenvalue weighted by molar-refractivity contribution is 7.92. The number of anilines is 1. The molecule has 0 fully saturated rings. The van der Waals surface area contributed by atoms with E-state index in [0.29, 0.717) is 28.6 Å². The number of benzene rings is 3. The van der Waals surface area contributed by atoms with Gasteiger partial charge in [0.2, 0.25) is 11.8 Å². The summed E-state index contributed by atoms with van der Waals surface area (Å²) < 4.78 is 28.6. The zero-order valence-electron chi connectivity index (χ0n) is 22.5. The van der Waals surface area contributed by atoms with Gasteiger partial charge in [-0.3, -0.25) is 13.9 Å². The van der Waals surface area contributed by atoms with Crippen LogP contribution in [0.1, 0.15) is 32.8 Å². The maximum atomic E-state index is 14.1. The molecule has 3 aromatic carbocycles. The first-order chi connectivity index (χ1) is 18.9. The molecule has 1 N–H and O–H groups in total. The van der Waals surface area contributed by atoms with Crippen LogP contribution in [-0.4, -0.2) is 44.3 Å². The smallest absolute Gasteiger partial charge is 0.264 e. The standard InChI is InChI=1S/C29H32Cl3N3O4S/c1-4-26(29(37)33-17-20(2)3)34(18-21-14-15-23(30)25(32)16-21)28(36)19-35(27-13-9-8-12-24(27)31)40(38,39)22-10-6-5-7-11-22/h5-16,20,26H,4,17-19H2,1-3H3,(H,33,37)/t26-/m0/s1. The van der Waals surface area contributed by atoms with Crippen LogP contribution < -0.4 is 9.62 Å². The number of carbonyl (C=O) groups is 2. The summed E-state index contributed by atoms with van der Waals surface area (Å²) in [5, 5.41) is 3.70. The van der Waals surface area contributed by atoms with Crippen molar-refractivity contribution in [2.75, 3.05) is 17.4 Å². The number of para-hydroxylation sites is 1. The molecule has 0 saturated carbocycles. The van der Waals surface area contributed by atoms with Crippen LogP contribution in [0.2, 0.25) is 15.1 Å². The number of hydrogen-bond donors (Lipinski definition) is 1. The van der Waals surface area contributed by atoms with E-state index in [9.17, 15) is 18.0 Å². The Kier molecular flexibility index (Phi) is 11.3. The predicted molar refractivity (Wildman–Crippen MR) is 161 cm³/mol. The minimum Gasteiger partial charge on any atom is -0.354 e. The Balaban J connectivity index is 2.06. The Labute approximate surface area is 251 Å². The normalized spacial score (nSPS) is 12.2. The molecule has 2 amide bonds. The van der Waals surface area contributed by atoms with Crippen LogP contribution in [0.3, 0.4) is 0 Å². The Morgan fingerprint density at radius 2 is 1.52 bits per heavy atom. The summed E-state index contributed by atoms with van der Waals surface area (Å²) in [4.78, 5) is 28.7. The van der Waals surface area contributed by atoms with E-state index in [1.54, 1.807) is 61.5 Å². The number of sulfonamides is 1. The van der Waals surface area contributed by atoms with E-state index < -0.39 is 28.5 Å². The molecule has 7 nitrogen and oxygen atoms in total. The number of nitrogens with zero attached hydrogens (tertiary/aromatic N) is 2. The van der Waals surface area contributed by atoms with E-state index in [1.807, 2.05) is 13.8 Å². The van der Waals surface area contributed by atoms with Crippen LogP contribution in [0.4, 0.5) is 5.69 Å². The molecule has 11 heteroatoms. The van der Waals surface area contributed by atoms with Gasteiger partial charge < -0.3 is 10.2 Å². The largest absolute Gasteiger partial charge is 0.354 e. The van der Waals surface area contributed by atoms with Gasteiger partial charge in [-0.05, 0) is 54.3 Å². The maximum absolute atomic E-state index is 14.1. The molecule has 0 spiro atoms. The van der Waals surface area contributed by atoms with Crippen LogP contribution in [0.25, 0.3) is 0 Å². The van der Waals surface area contributed by atoms with E-state index in [-0.39, 0.29) is 34.0 Å². The summed E-state index contributed by atoms with van der Waals surface area (Å²) in [5.74, 6) is -0.718. The van der Waals surface area contributed by atoms with Gasteiger partial charge in [0.25, 0.3) is 10.0 Å². The zero-order chi connectivity index (χ0) is 29.4. The van der Waals surface area contributed by atoms with Crippen molar-refractivity contribution in [2.24, 2.45) is 5.92 Å². The highest BCUT2D eigenvalue weighted by atomic mass is 35.5. The molecule has 0 aromatic heterocycles. The number of rotatable bonds is 12. The quantitative estimate of drug-likeness (QED) is 0.252. The van der Waals surface area contributed by atoms with Gasteiger partial charge in [0.05, 0.1) is 25.7 Å². The summed E-state index contributed by atoms with van der Waals surface area (Å²) in [7, 11) is -4.20. The lowest BCUT2D eigenvalue weighted by Crippen LogP contribution is -2.52. The maximum Gasteiger partial charge on any atom is 0.264 e. The van der Waals surface area contributed by atoms with Crippen molar-refractivity contribution < 1.29 is 18.0 Å². The summed E-state index contributed by atoms with van der Waals surface area (Å²) in [5.41, 5.74) is 0.779. The fourth-order valence-corrected chi connectivity index (χ4v) is 6.13. The van der Waals surface area contributed by atoms with Crippen molar-refractivity contribution in [1.29, 1.82) is 0 Å². The summed E-state index contributed by atoms with van der Waals surface area (Å²) in [6.07, 6.45) is 0.300. The van der Waals surface area contributed by atoms with E-state index in [0.717, 1.165) is 4.31 Å². The van der Waals surface area contributed by atoms with Crippen LogP contribution >= 0.6 is 34.8 Å². The number of amides is 2. The van der Waals surface area contributed by atoms with Crippen LogP contribution in [0.5, 0.6) is 0 Å². The van der Waals surface area contributed by atoms with Gasteiger partial charge in [-0.2, -0.15) is 0 Å². The Morgan fingerprint density at radius 1 is 0.875 bits per heavy atom. The van der Waals surface area contributed by atoms with E-state index in [1.165, 1.54) is 23.1 Å². The monoisotopic (exact) mass is 623 g/mol. The molecule has 3 aromatic rings. The second kappa shape index (κ2) is 14.2. The molecule has 3 rings (SSSR count). The molecule has 0 aliphatic rings. The van der Waals surface area contributed by atoms with Crippen molar-refractivity contribution in [2.45, 2.75) is 44.7 Å². The van der Waals surface area contributed by atoms with Gasteiger partial charge in [0.15, 0.2) is 0 Å². The topological polar surface area (TPSA) is 86.8 Å². The van der Waals surface area contributed by atoms with Crippen LogP contribution in [-0.2, 0) is 26.2 Å². The Bertz CT molecular complexity index is 1440. The van der Waals surface area contributed by atoms with E-state index in [2.05, 4.69) is 5.32 Å². The first-order valence-corrected chi connectivity index (χ1v) is 15.4. The highest BCUT2D eigenvalue weighted by Gasteiger charge is 2.34. The highest BCUT2D eigenvalue weighted by Crippen LogP contribution is 2.31. The van der Waals surface area contributed by atoms with Gasteiger partial charge in [0.1, 0.15) is 12.6 Å². The van der Waals surface area contributed by atoms with E-state index >= 15 is 0 Å². The SMILES string of the molecule is CC[C@@H](C(=O)NCC(C)C)N(Cc1ccc(Cl)c(Cl)c1)C(=O)CN(c1ccccc1Cl)S(=O)(=O)c1ccccc1. The summed E-state index contributed by atoms with van der Waals surface area (Å²) >= 11 is 18.7. The average Bonchev–Trinajstić information content (AvgIpc) is 2.93. The summed E-state index contributed by atoms with van der Waals surface area (Å²) in [6, 6.07) is 18.3. The van der Waals surface area contributed by atoms with Crippen molar-refractivity contribution >= 4 is 62.3 Å². The Hall–Kier alpha value is -2.78. The van der Waals surface area contributed by atoms with Crippen molar-refractivity contribution in [1.82, 2.24) is 10.2 Å². The number of hydrogen-bond acceptors (Lipinski definition) is 4. The second-order valence-corrected chi connectivity index (χ2v) is 12.7. The van der Waals surface area contributed by atoms with Gasteiger partial charge in [0, 0.05) is 13.1 Å². The van der Waals surface area contributed by atoms with Gasteiger partial charge in [-0.15, -0.1) is 0 Å². The molecule has 0 aliphatic carbocycles. The third-order valence-corrected chi connectivity index (χ3v) is 8.97. The van der Waals surface area contributed by atoms with Gasteiger partial charge in [-0.1, -0.05) is 92.0 Å². The number of halogens is 3. The van der Waals surface area contributed by atoms with Crippen LogP contribution in [0.15, 0.2) is 77.7 Å². The van der Waals surface area contributed by atoms with E-state index in [4.69, 9.17) is 34.8 Å². The molecule has 0 unspecified atom stereocenters. The fourth-order valence-electron chi connectivity index (χ4n) is 4.06. The lowest BCUT2D eigenvalue weighted by atomic mass is 10.1. The molecule has 0 bridgehead atoms. The second-order valence-electron chi connectivity index (χ2n) is 9.61. The third kappa shape index (κ3) is 7.91. The van der Waals surface area contributed by atoms with Crippen molar-refractivity contribution in [3.05, 3.63) is 93.4 Å². The van der Waals surface area contributed by atoms with Crippen LogP contribution in [0, 0.1) is 5.92 Å². The van der Waals surface area contributed by atoms with Gasteiger partial charge >= 0.3 is 0 Å². The first kappa shape index (κ1) is 31.7. The van der Waals surface area contributed by atoms with Crippen molar-refractivity contribution in [3.8, 4) is 0 Å². The lowest BCUT2D eigenvalue weighted by Gasteiger charge is -2.33. The molecular formula is C29H32Cl3N3O4S. The molecule has 0 aliphatic heterocycles. The lowest BCUT2D eigenvalue weighted by molar-refractivity contribution is -0.140. The Morgan fingerprint density at radius 3 is 2.12 bits per heavy atom. The molecule has 0 radical (unpaired) electrons. The average molecular weight is 625 g/mol. The molecule has 214 valence electrons. The molecular weight excluding hydrogens is 593 g/mol. The third-order valence-electron chi connectivity index (χ3n) is 6.14. The first-order valence-electron chi connectivity index (χ1n) is 12.8. The van der Waals surface area contributed by atoms with Crippen molar-refractivity contribution in [3.63, 3.8) is 0 Å². The fraction of sp³-hybridized carbons (Fsp3) is 0.310. The summed E-state index contributed by atoms with van der Waals surface area (Å²) in [6.45, 7) is 5.58. The predicted octanol–water partition coefficient (Wildman–Crippen LogP) is 6.42. The zero-order valence-corrected chi connectivity index (χ0v) is 25.6. The minimum atomic E-state index is -4.20. The molecule has 0 heterocycles. The molecule has 0 saturated heterocycles. The van der Waals surface area contributed by atoms with Gasteiger partial charge in [-0.25, -0.2) is 8.42 Å².